The zero-order valence-electron chi connectivity index (χ0n) is 12.8. The molecule has 1 heterocycles. The molecule has 1 aliphatic rings. The molecule has 2 N–H and O–H groups in total. The number of nitrogens with one attached hydrogen (secondary N) is 1. The van der Waals surface area contributed by atoms with Crippen LogP contribution in [0.2, 0.25) is 5.02 Å². The van der Waals surface area contributed by atoms with Gasteiger partial charge >= 0.3 is 0 Å². The molecule has 0 radical (unpaired) electrons. The van der Waals surface area contributed by atoms with Crippen molar-refractivity contribution in [2.24, 2.45) is 0 Å². The van der Waals surface area contributed by atoms with Crippen molar-refractivity contribution in [2.75, 3.05) is 32.7 Å². The third-order valence-electron chi connectivity index (χ3n) is 3.63. The van der Waals surface area contributed by atoms with E-state index in [1.807, 2.05) is 32.0 Å². The van der Waals surface area contributed by atoms with Gasteiger partial charge in [-0.15, -0.1) is 0 Å². The second kappa shape index (κ2) is 7.99. The molecule has 118 valence electrons. The van der Waals surface area contributed by atoms with Crippen LogP contribution in [-0.4, -0.2) is 48.8 Å². The molecule has 0 aromatic heterocycles. The van der Waals surface area contributed by atoms with Gasteiger partial charge in [0.25, 0.3) is 0 Å². The van der Waals surface area contributed by atoms with Crippen LogP contribution in [0.3, 0.4) is 0 Å². The lowest BCUT2D eigenvalue weighted by Crippen LogP contribution is -2.44. The molecule has 5 heteroatoms. The van der Waals surface area contributed by atoms with Crippen LogP contribution in [0.25, 0.3) is 0 Å². The van der Waals surface area contributed by atoms with Crippen molar-refractivity contribution in [3.05, 3.63) is 28.8 Å². The van der Waals surface area contributed by atoms with Gasteiger partial charge in [0.15, 0.2) is 0 Å². The minimum absolute atomic E-state index is 0.0889. The fourth-order valence-corrected chi connectivity index (χ4v) is 2.71. The molecule has 1 atom stereocenters. The second-order valence-electron chi connectivity index (χ2n) is 5.75. The first kappa shape index (κ1) is 16.6. The Morgan fingerprint density at radius 1 is 1.33 bits per heavy atom. The van der Waals surface area contributed by atoms with E-state index in [-0.39, 0.29) is 6.10 Å². The Kier molecular flexibility index (Phi) is 6.30. The third kappa shape index (κ3) is 5.15. The quantitative estimate of drug-likeness (QED) is 0.847. The van der Waals surface area contributed by atoms with Crippen LogP contribution in [0.4, 0.5) is 0 Å². The summed E-state index contributed by atoms with van der Waals surface area (Å²) in [4.78, 5) is 2.37. The number of rotatable bonds is 6. The molecule has 2 rings (SSSR count). The van der Waals surface area contributed by atoms with Gasteiger partial charge < -0.3 is 20.1 Å². The summed E-state index contributed by atoms with van der Waals surface area (Å²) in [5.41, 5.74) is 0.853. The zero-order valence-corrected chi connectivity index (χ0v) is 13.6. The first-order valence-corrected chi connectivity index (χ1v) is 8.01. The van der Waals surface area contributed by atoms with Crippen LogP contribution in [-0.2, 0) is 0 Å². The lowest BCUT2D eigenvalue weighted by molar-refractivity contribution is 0.136. The molecule has 1 aromatic carbocycles. The topological polar surface area (TPSA) is 44.7 Å². The van der Waals surface area contributed by atoms with Crippen LogP contribution < -0.4 is 10.1 Å². The van der Waals surface area contributed by atoms with Crippen LogP contribution in [0, 0.1) is 0 Å². The SMILES string of the molecule is CC(C)Oc1ccc(C(O)CCN2CCNCC2)cc1Cl. The van der Waals surface area contributed by atoms with E-state index in [1.54, 1.807) is 0 Å². The van der Waals surface area contributed by atoms with Gasteiger partial charge in [-0.25, -0.2) is 0 Å². The van der Waals surface area contributed by atoms with E-state index in [0.29, 0.717) is 10.8 Å². The van der Waals surface area contributed by atoms with E-state index in [0.717, 1.165) is 44.7 Å². The van der Waals surface area contributed by atoms with Crippen molar-refractivity contribution in [1.82, 2.24) is 10.2 Å². The summed E-state index contributed by atoms with van der Waals surface area (Å²) in [6.45, 7) is 9.00. The van der Waals surface area contributed by atoms with Gasteiger partial charge in [-0.1, -0.05) is 17.7 Å². The average molecular weight is 313 g/mol. The summed E-state index contributed by atoms with van der Waals surface area (Å²) in [6.07, 6.45) is 0.331. The van der Waals surface area contributed by atoms with Gasteiger partial charge in [-0.2, -0.15) is 0 Å². The largest absolute Gasteiger partial charge is 0.489 e. The van der Waals surface area contributed by atoms with E-state index in [4.69, 9.17) is 16.3 Å². The Morgan fingerprint density at radius 2 is 2.05 bits per heavy atom. The number of aliphatic hydroxyl groups excluding tert-OH is 1. The van der Waals surface area contributed by atoms with Crippen molar-refractivity contribution >= 4 is 11.6 Å². The molecule has 1 aromatic rings. The number of aliphatic hydroxyl groups is 1. The van der Waals surface area contributed by atoms with Crippen molar-refractivity contribution < 1.29 is 9.84 Å². The molecule has 1 fully saturated rings. The standard InChI is InChI=1S/C16H25ClN2O2/c1-12(2)21-16-4-3-13(11-14(16)17)15(20)5-8-19-9-6-18-7-10-19/h3-4,11-12,15,18,20H,5-10H2,1-2H3. The monoisotopic (exact) mass is 312 g/mol. The summed E-state index contributed by atoms with van der Waals surface area (Å²) in [5, 5.41) is 14.2. The van der Waals surface area contributed by atoms with Gasteiger partial charge in [-0.3, -0.25) is 0 Å². The number of piperazine rings is 1. The minimum atomic E-state index is -0.481. The van der Waals surface area contributed by atoms with Crippen molar-refractivity contribution in [3.63, 3.8) is 0 Å². The molecule has 4 nitrogen and oxygen atoms in total. The van der Waals surface area contributed by atoms with Gasteiger partial charge in [-0.05, 0) is 38.0 Å². The zero-order chi connectivity index (χ0) is 15.2. The molecule has 0 bridgehead atoms. The molecule has 21 heavy (non-hydrogen) atoms. The lowest BCUT2D eigenvalue weighted by Gasteiger charge is -2.28. The van der Waals surface area contributed by atoms with E-state index in [1.165, 1.54) is 0 Å². The Bertz CT molecular complexity index is 448. The maximum Gasteiger partial charge on any atom is 0.138 e. The fraction of sp³-hybridized carbons (Fsp3) is 0.625. The molecule has 0 saturated carbocycles. The van der Waals surface area contributed by atoms with E-state index < -0.39 is 6.10 Å². The predicted octanol–water partition coefficient (Wildman–Crippen LogP) is 2.46. The first-order valence-electron chi connectivity index (χ1n) is 7.63. The second-order valence-corrected chi connectivity index (χ2v) is 6.16. The van der Waals surface area contributed by atoms with Crippen LogP contribution in [0.1, 0.15) is 31.9 Å². The molecule has 0 amide bonds. The summed E-state index contributed by atoms with van der Waals surface area (Å²) >= 11 is 6.21. The average Bonchev–Trinajstić information content (AvgIpc) is 2.47. The van der Waals surface area contributed by atoms with E-state index in [9.17, 15) is 5.11 Å². The third-order valence-corrected chi connectivity index (χ3v) is 3.93. The molecule has 1 saturated heterocycles. The van der Waals surface area contributed by atoms with Crippen LogP contribution in [0.15, 0.2) is 18.2 Å². The summed E-state index contributed by atoms with van der Waals surface area (Å²) < 4.78 is 5.61. The van der Waals surface area contributed by atoms with E-state index >= 15 is 0 Å². The smallest absolute Gasteiger partial charge is 0.138 e. The van der Waals surface area contributed by atoms with Gasteiger partial charge in [0.2, 0.25) is 0 Å². The minimum Gasteiger partial charge on any atom is -0.489 e. The number of benzene rings is 1. The number of hydrogen-bond acceptors (Lipinski definition) is 4. The highest BCUT2D eigenvalue weighted by Crippen LogP contribution is 2.29. The maximum atomic E-state index is 10.3. The fourth-order valence-electron chi connectivity index (χ4n) is 2.48. The molecule has 0 aliphatic carbocycles. The van der Waals surface area contributed by atoms with E-state index in [2.05, 4.69) is 10.2 Å². The molecular weight excluding hydrogens is 288 g/mol. The number of halogens is 1. The number of ether oxygens (including phenoxy) is 1. The molecule has 1 aliphatic heterocycles. The maximum absolute atomic E-state index is 10.3. The first-order chi connectivity index (χ1) is 10.1. The predicted molar refractivity (Wildman–Crippen MR) is 86.1 cm³/mol. The number of nitrogens with zero attached hydrogens (tertiary/aromatic N) is 1. The highest BCUT2D eigenvalue weighted by atomic mass is 35.5. The van der Waals surface area contributed by atoms with Gasteiger partial charge in [0, 0.05) is 32.7 Å². The summed E-state index contributed by atoms with van der Waals surface area (Å²) in [5.74, 6) is 0.671. The van der Waals surface area contributed by atoms with Crippen LogP contribution >= 0.6 is 11.6 Å². The van der Waals surface area contributed by atoms with Crippen molar-refractivity contribution in [2.45, 2.75) is 32.5 Å². The van der Waals surface area contributed by atoms with Gasteiger partial charge in [0.05, 0.1) is 17.2 Å². The lowest BCUT2D eigenvalue weighted by atomic mass is 10.1. The summed E-state index contributed by atoms with van der Waals surface area (Å²) in [7, 11) is 0. The Hall–Kier alpha value is -0.810. The number of hydrogen-bond donors (Lipinski definition) is 2. The van der Waals surface area contributed by atoms with Crippen molar-refractivity contribution in [3.8, 4) is 5.75 Å². The van der Waals surface area contributed by atoms with Gasteiger partial charge in [0.1, 0.15) is 5.75 Å². The Balaban J connectivity index is 1.89. The Morgan fingerprint density at radius 3 is 2.67 bits per heavy atom. The van der Waals surface area contributed by atoms with Crippen molar-refractivity contribution in [1.29, 1.82) is 0 Å². The molecule has 1 unspecified atom stereocenters. The highest BCUT2D eigenvalue weighted by Gasteiger charge is 2.14. The molecular formula is C16H25ClN2O2. The molecule has 0 spiro atoms. The Labute approximate surface area is 132 Å². The normalized spacial score (nSPS) is 18.0. The summed E-state index contributed by atoms with van der Waals surface area (Å²) in [6, 6.07) is 5.54. The highest BCUT2D eigenvalue weighted by molar-refractivity contribution is 6.32. The van der Waals surface area contributed by atoms with Crippen LogP contribution in [0.5, 0.6) is 5.75 Å².